The Labute approximate surface area is 174 Å². The number of hydrogen-bond acceptors (Lipinski definition) is 3. The Morgan fingerprint density at radius 3 is 2.69 bits per heavy atom. The third kappa shape index (κ3) is 3.22. The third-order valence-electron chi connectivity index (χ3n) is 6.64. The second kappa shape index (κ2) is 7.15. The summed E-state index contributed by atoms with van der Waals surface area (Å²) in [5.41, 5.74) is 3.60. The molecule has 3 aromatic rings. The lowest BCUT2D eigenvalue weighted by atomic mass is 9.77. The van der Waals surface area contributed by atoms with Crippen LogP contribution in [0.15, 0.2) is 48.8 Å². The Balaban J connectivity index is 1.36. The van der Waals surface area contributed by atoms with Crippen LogP contribution in [-0.2, 0) is 0 Å². The number of likely N-dealkylation sites (tertiary alicyclic amines) is 1. The number of aliphatic hydroxyl groups is 1. The molecule has 0 spiro atoms. The summed E-state index contributed by atoms with van der Waals surface area (Å²) in [6.07, 6.45) is 2.98. The van der Waals surface area contributed by atoms with Crippen LogP contribution in [-0.4, -0.2) is 44.7 Å². The Hall–Kier alpha value is -2.37. The third-order valence-corrected chi connectivity index (χ3v) is 7.06. The van der Waals surface area contributed by atoms with Gasteiger partial charge in [0, 0.05) is 23.7 Å². The van der Waals surface area contributed by atoms with E-state index in [2.05, 4.69) is 15.6 Å². The molecule has 1 amide bonds. The number of aromatic nitrogens is 2. The summed E-state index contributed by atoms with van der Waals surface area (Å²) in [6.45, 7) is 3.36. The predicted octanol–water partition coefficient (Wildman–Crippen LogP) is 4.08. The number of aliphatic hydroxyl groups excluding tert-OH is 1. The summed E-state index contributed by atoms with van der Waals surface area (Å²) in [4.78, 5) is 19.5. The SMILES string of the molecule is Cc1cc(C(=O)N2C[C@H]3C[C@@H](n4cnc5ccccc54)[C@H](O)C[C@H]3C2)ccc1Cl. The van der Waals surface area contributed by atoms with E-state index in [0.717, 1.165) is 29.6 Å². The lowest BCUT2D eigenvalue weighted by molar-refractivity contribution is 0.0374. The van der Waals surface area contributed by atoms with Crippen molar-refractivity contribution in [3.63, 3.8) is 0 Å². The van der Waals surface area contributed by atoms with E-state index >= 15 is 0 Å². The molecule has 150 valence electrons. The Morgan fingerprint density at radius 2 is 1.90 bits per heavy atom. The Morgan fingerprint density at radius 1 is 1.14 bits per heavy atom. The van der Waals surface area contributed by atoms with Crippen LogP contribution < -0.4 is 0 Å². The van der Waals surface area contributed by atoms with Crippen LogP contribution in [0.5, 0.6) is 0 Å². The fraction of sp³-hybridized carbons (Fsp3) is 0.391. The van der Waals surface area contributed by atoms with Crippen LogP contribution in [0.2, 0.25) is 5.02 Å². The number of nitrogens with zero attached hydrogens (tertiary/aromatic N) is 3. The van der Waals surface area contributed by atoms with Gasteiger partial charge in [-0.1, -0.05) is 23.7 Å². The van der Waals surface area contributed by atoms with Gasteiger partial charge in [-0.3, -0.25) is 4.79 Å². The first-order valence-corrected chi connectivity index (χ1v) is 10.5. The largest absolute Gasteiger partial charge is 0.391 e. The summed E-state index contributed by atoms with van der Waals surface area (Å²) in [5.74, 6) is 0.786. The number of imidazole rings is 1. The van der Waals surface area contributed by atoms with Crippen molar-refractivity contribution in [3.05, 3.63) is 64.9 Å². The summed E-state index contributed by atoms with van der Waals surface area (Å²) in [5, 5.41) is 11.6. The average molecular weight is 410 g/mol. The molecule has 5 nitrogen and oxygen atoms in total. The maximum Gasteiger partial charge on any atom is 0.253 e. The first-order chi connectivity index (χ1) is 14.0. The van der Waals surface area contributed by atoms with Crippen molar-refractivity contribution < 1.29 is 9.90 Å². The van der Waals surface area contributed by atoms with Crippen LogP contribution >= 0.6 is 11.6 Å². The minimum absolute atomic E-state index is 0.00326. The van der Waals surface area contributed by atoms with Crippen molar-refractivity contribution >= 4 is 28.5 Å². The van der Waals surface area contributed by atoms with Gasteiger partial charge in [-0.25, -0.2) is 4.98 Å². The zero-order valence-corrected chi connectivity index (χ0v) is 17.1. The van der Waals surface area contributed by atoms with Crippen molar-refractivity contribution in [2.75, 3.05) is 13.1 Å². The van der Waals surface area contributed by atoms with Crippen molar-refractivity contribution in [1.82, 2.24) is 14.5 Å². The van der Waals surface area contributed by atoms with E-state index in [0.29, 0.717) is 35.4 Å². The summed E-state index contributed by atoms with van der Waals surface area (Å²) in [6, 6.07) is 13.5. The van der Waals surface area contributed by atoms with Gasteiger partial charge >= 0.3 is 0 Å². The van der Waals surface area contributed by atoms with Crippen molar-refractivity contribution in [2.24, 2.45) is 11.8 Å². The van der Waals surface area contributed by atoms with Gasteiger partial charge < -0.3 is 14.6 Å². The van der Waals surface area contributed by atoms with Crippen LogP contribution in [0.1, 0.15) is 34.8 Å². The van der Waals surface area contributed by atoms with Gasteiger partial charge in [-0.05, 0) is 67.5 Å². The van der Waals surface area contributed by atoms with E-state index in [4.69, 9.17) is 11.6 Å². The highest BCUT2D eigenvalue weighted by molar-refractivity contribution is 6.31. The maximum atomic E-state index is 13.0. The zero-order valence-electron chi connectivity index (χ0n) is 16.3. The van der Waals surface area contributed by atoms with E-state index in [1.54, 1.807) is 12.1 Å². The molecule has 1 aromatic heterocycles. The summed E-state index contributed by atoms with van der Waals surface area (Å²) < 4.78 is 2.11. The van der Waals surface area contributed by atoms with Gasteiger partial charge in [-0.15, -0.1) is 0 Å². The molecule has 0 bridgehead atoms. The van der Waals surface area contributed by atoms with E-state index in [9.17, 15) is 9.90 Å². The molecule has 2 aliphatic rings. The second-order valence-corrected chi connectivity index (χ2v) is 8.85. The van der Waals surface area contributed by atoms with Gasteiger partial charge in [0.15, 0.2) is 0 Å². The molecule has 1 saturated carbocycles. The van der Waals surface area contributed by atoms with Crippen LogP contribution in [0.4, 0.5) is 0 Å². The standard InChI is InChI=1S/C23H24ClN3O2/c1-14-8-15(6-7-18(14)24)23(29)26-11-16-9-21(22(28)10-17(16)12-26)27-13-25-19-4-2-3-5-20(19)27/h2-8,13,16-17,21-22,28H,9-12H2,1H3/t16-,17+,21-,22-/m1/s1. The molecular formula is C23H24ClN3O2. The molecule has 1 N–H and O–H groups in total. The number of hydrogen-bond donors (Lipinski definition) is 1. The van der Waals surface area contributed by atoms with Gasteiger partial charge in [0.05, 0.1) is 29.5 Å². The molecule has 5 rings (SSSR count). The molecular weight excluding hydrogens is 386 g/mol. The molecule has 0 unspecified atom stereocenters. The minimum Gasteiger partial charge on any atom is -0.391 e. The lowest BCUT2D eigenvalue weighted by Gasteiger charge is -2.36. The molecule has 1 aliphatic heterocycles. The number of carbonyl (C=O) groups excluding carboxylic acids is 1. The van der Waals surface area contributed by atoms with Gasteiger partial charge in [0.2, 0.25) is 0 Å². The lowest BCUT2D eigenvalue weighted by Crippen LogP contribution is -2.36. The monoisotopic (exact) mass is 409 g/mol. The number of halogens is 1. The van der Waals surface area contributed by atoms with E-state index < -0.39 is 6.10 Å². The number of rotatable bonds is 2. The van der Waals surface area contributed by atoms with E-state index in [1.807, 2.05) is 42.4 Å². The first kappa shape index (κ1) is 18.6. The van der Waals surface area contributed by atoms with Crippen molar-refractivity contribution in [3.8, 4) is 0 Å². The fourth-order valence-corrected chi connectivity index (χ4v) is 5.19. The number of aryl methyl sites for hydroxylation is 1. The number of amides is 1. The molecule has 1 aliphatic carbocycles. The Kier molecular flexibility index (Phi) is 4.60. The molecule has 4 atom stereocenters. The molecule has 6 heteroatoms. The molecule has 2 fully saturated rings. The minimum atomic E-state index is -0.429. The quantitative estimate of drug-likeness (QED) is 0.693. The topological polar surface area (TPSA) is 58.4 Å². The smallest absolute Gasteiger partial charge is 0.253 e. The van der Waals surface area contributed by atoms with Gasteiger partial charge in [0.25, 0.3) is 5.91 Å². The van der Waals surface area contributed by atoms with Crippen molar-refractivity contribution in [1.29, 1.82) is 0 Å². The molecule has 2 heterocycles. The highest BCUT2D eigenvalue weighted by atomic mass is 35.5. The Bertz CT molecular complexity index is 1080. The van der Waals surface area contributed by atoms with Crippen LogP contribution in [0.3, 0.4) is 0 Å². The second-order valence-electron chi connectivity index (χ2n) is 8.44. The number of para-hydroxylation sites is 2. The number of fused-ring (bicyclic) bond motifs is 2. The van der Waals surface area contributed by atoms with Gasteiger partial charge in [-0.2, -0.15) is 0 Å². The van der Waals surface area contributed by atoms with Crippen LogP contribution in [0.25, 0.3) is 11.0 Å². The molecule has 2 aromatic carbocycles. The highest BCUT2D eigenvalue weighted by Gasteiger charge is 2.43. The summed E-state index contributed by atoms with van der Waals surface area (Å²) >= 11 is 6.11. The number of benzene rings is 2. The first-order valence-electron chi connectivity index (χ1n) is 10.2. The molecule has 1 saturated heterocycles. The number of carbonyl (C=O) groups is 1. The van der Waals surface area contributed by atoms with Gasteiger partial charge in [0.1, 0.15) is 0 Å². The highest BCUT2D eigenvalue weighted by Crippen LogP contribution is 2.42. The van der Waals surface area contributed by atoms with E-state index in [-0.39, 0.29) is 11.9 Å². The molecule has 29 heavy (non-hydrogen) atoms. The van der Waals surface area contributed by atoms with Crippen LogP contribution in [0, 0.1) is 18.8 Å². The molecule has 0 radical (unpaired) electrons. The predicted molar refractivity (Wildman–Crippen MR) is 113 cm³/mol. The zero-order chi connectivity index (χ0) is 20.1. The van der Waals surface area contributed by atoms with Crippen molar-refractivity contribution in [2.45, 2.75) is 31.9 Å². The van der Waals surface area contributed by atoms with E-state index in [1.165, 1.54) is 0 Å². The average Bonchev–Trinajstić information content (AvgIpc) is 3.32. The normalized spacial score (nSPS) is 26.7. The maximum absolute atomic E-state index is 13.0. The summed E-state index contributed by atoms with van der Waals surface area (Å²) in [7, 11) is 0. The fourth-order valence-electron chi connectivity index (χ4n) is 5.07.